The van der Waals surface area contributed by atoms with Crippen molar-refractivity contribution >= 4 is 33.4 Å². The molecule has 2 aromatic rings. The van der Waals surface area contributed by atoms with Crippen molar-refractivity contribution < 1.29 is 14.3 Å². The molecule has 0 spiro atoms. The second kappa shape index (κ2) is 9.18. The highest BCUT2D eigenvalue weighted by Crippen LogP contribution is 2.20. The molecular weight excluding hydrogens is 382 g/mol. The van der Waals surface area contributed by atoms with Crippen LogP contribution in [0.5, 0.6) is 0 Å². The van der Waals surface area contributed by atoms with E-state index in [0.29, 0.717) is 29.8 Å². The summed E-state index contributed by atoms with van der Waals surface area (Å²) in [6.07, 6.45) is 2.19. The Kier molecular flexibility index (Phi) is 6.95. The van der Waals surface area contributed by atoms with Gasteiger partial charge in [-0.05, 0) is 49.7 Å². The highest BCUT2D eigenvalue weighted by atomic mass is 79.9. The average Bonchev–Trinajstić information content (AvgIpc) is 2.62. The highest BCUT2D eigenvalue weighted by Gasteiger charge is 2.13. The van der Waals surface area contributed by atoms with Gasteiger partial charge in [-0.1, -0.05) is 35.0 Å². The van der Waals surface area contributed by atoms with E-state index >= 15 is 0 Å². The molecule has 5 heteroatoms. The Labute approximate surface area is 156 Å². The van der Waals surface area contributed by atoms with Crippen LogP contribution in [0.2, 0.25) is 0 Å². The van der Waals surface area contributed by atoms with Gasteiger partial charge >= 0.3 is 5.97 Å². The second-order valence-corrected chi connectivity index (χ2v) is 6.20. The van der Waals surface area contributed by atoms with Gasteiger partial charge in [-0.15, -0.1) is 0 Å². The molecule has 2 rings (SSSR count). The first kappa shape index (κ1) is 18.9. The van der Waals surface area contributed by atoms with Crippen LogP contribution in [0.1, 0.15) is 41.0 Å². The normalized spacial score (nSPS) is 11.1. The minimum atomic E-state index is -0.389. The van der Waals surface area contributed by atoms with Crippen LogP contribution in [0.3, 0.4) is 0 Å². The minimum Gasteiger partial charge on any atom is -0.462 e. The maximum Gasteiger partial charge on any atom is 0.340 e. The molecule has 0 aliphatic carbocycles. The lowest BCUT2D eigenvalue weighted by Crippen LogP contribution is -2.10. The first-order valence-corrected chi connectivity index (χ1v) is 8.88. The summed E-state index contributed by atoms with van der Waals surface area (Å²) in [7, 11) is 0. The smallest absolute Gasteiger partial charge is 0.340 e. The molecule has 25 heavy (non-hydrogen) atoms. The van der Waals surface area contributed by atoms with Crippen LogP contribution in [0, 0.1) is 0 Å². The summed E-state index contributed by atoms with van der Waals surface area (Å²) in [6.45, 7) is 4.02. The van der Waals surface area contributed by atoms with Gasteiger partial charge in [-0.25, -0.2) is 4.79 Å². The number of carbonyl (C=O) groups excluding carboxylic acids is 2. The predicted octanol–water partition coefficient (Wildman–Crippen LogP) is 5.21. The lowest BCUT2D eigenvalue weighted by molar-refractivity contribution is 0.0527. The van der Waals surface area contributed by atoms with E-state index in [2.05, 4.69) is 21.2 Å². The molecule has 0 saturated heterocycles. The van der Waals surface area contributed by atoms with Crippen LogP contribution in [-0.2, 0) is 4.74 Å². The summed E-state index contributed by atoms with van der Waals surface area (Å²) in [5.74, 6) is -0.481. The summed E-state index contributed by atoms with van der Waals surface area (Å²) in [6, 6.07) is 14.3. The number of allylic oxidation sites excluding steroid dienone is 2. The number of benzene rings is 2. The van der Waals surface area contributed by atoms with Gasteiger partial charge in [0.15, 0.2) is 5.78 Å². The molecule has 0 saturated carbocycles. The molecule has 0 atom stereocenters. The van der Waals surface area contributed by atoms with Gasteiger partial charge in [0.1, 0.15) is 0 Å². The molecule has 130 valence electrons. The number of para-hydroxylation sites is 1. The summed E-state index contributed by atoms with van der Waals surface area (Å²) < 4.78 is 6.00. The van der Waals surface area contributed by atoms with Crippen LogP contribution in [0.25, 0.3) is 0 Å². The molecule has 1 N–H and O–H groups in total. The van der Waals surface area contributed by atoms with E-state index in [-0.39, 0.29) is 11.8 Å². The maximum absolute atomic E-state index is 12.4. The van der Waals surface area contributed by atoms with Gasteiger partial charge in [0, 0.05) is 21.8 Å². The zero-order chi connectivity index (χ0) is 18.2. The molecule has 0 fully saturated rings. The van der Waals surface area contributed by atoms with E-state index in [1.54, 1.807) is 43.3 Å². The fraction of sp³-hybridized carbons (Fsp3) is 0.200. The van der Waals surface area contributed by atoms with Crippen LogP contribution < -0.4 is 5.32 Å². The number of ketones is 1. The van der Waals surface area contributed by atoms with Crippen LogP contribution in [-0.4, -0.2) is 18.4 Å². The molecule has 0 radical (unpaired) electrons. The number of rotatable bonds is 7. The Balaban J connectivity index is 2.23. The van der Waals surface area contributed by atoms with Gasteiger partial charge in [0.2, 0.25) is 0 Å². The zero-order valence-corrected chi connectivity index (χ0v) is 15.8. The molecule has 0 aromatic heterocycles. The van der Waals surface area contributed by atoms with Crippen molar-refractivity contribution in [3.8, 4) is 0 Å². The summed E-state index contributed by atoms with van der Waals surface area (Å²) >= 11 is 3.35. The van der Waals surface area contributed by atoms with Crippen molar-refractivity contribution in [2.75, 3.05) is 11.9 Å². The minimum absolute atomic E-state index is 0.0922. The molecule has 0 unspecified atom stereocenters. The molecule has 4 nitrogen and oxygen atoms in total. The van der Waals surface area contributed by atoms with Crippen molar-refractivity contribution in [1.29, 1.82) is 0 Å². The number of nitrogens with one attached hydrogen (secondary N) is 1. The lowest BCUT2D eigenvalue weighted by atomic mass is 10.1. The van der Waals surface area contributed by atoms with Gasteiger partial charge in [0.05, 0.1) is 17.9 Å². The van der Waals surface area contributed by atoms with Crippen LogP contribution in [0.15, 0.2) is 64.8 Å². The van der Waals surface area contributed by atoms with Gasteiger partial charge < -0.3 is 10.1 Å². The Bertz CT molecular complexity index is 782. The van der Waals surface area contributed by atoms with Crippen molar-refractivity contribution in [2.24, 2.45) is 0 Å². The number of hydrogen-bond donors (Lipinski definition) is 1. The van der Waals surface area contributed by atoms with Gasteiger partial charge in [-0.2, -0.15) is 0 Å². The Hall–Kier alpha value is -2.40. The van der Waals surface area contributed by atoms with Crippen molar-refractivity contribution in [3.63, 3.8) is 0 Å². The van der Waals surface area contributed by atoms with E-state index in [0.717, 1.165) is 10.2 Å². The SMILES string of the molecule is CCOC(=O)c1ccccc1N/C(=C/C(=O)c1ccc(Br)cc1)CC. The third-order valence-corrected chi connectivity index (χ3v) is 4.06. The Morgan fingerprint density at radius 2 is 1.76 bits per heavy atom. The zero-order valence-electron chi connectivity index (χ0n) is 14.2. The van der Waals surface area contributed by atoms with E-state index in [1.807, 2.05) is 25.1 Å². The van der Waals surface area contributed by atoms with E-state index < -0.39 is 0 Å². The van der Waals surface area contributed by atoms with E-state index in [9.17, 15) is 9.59 Å². The van der Waals surface area contributed by atoms with Crippen LogP contribution >= 0.6 is 15.9 Å². The average molecular weight is 402 g/mol. The summed E-state index contributed by atoms with van der Waals surface area (Å²) in [4.78, 5) is 24.5. The number of carbonyl (C=O) groups is 2. The third kappa shape index (κ3) is 5.29. The van der Waals surface area contributed by atoms with Crippen LogP contribution in [0.4, 0.5) is 5.69 Å². The lowest BCUT2D eigenvalue weighted by Gasteiger charge is -2.13. The van der Waals surface area contributed by atoms with Gasteiger partial charge in [-0.3, -0.25) is 4.79 Å². The molecule has 0 aliphatic heterocycles. The number of halogens is 1. The summed E-state index contributed by atoms with van der Waals surface area (Å²) in [5, 5.41) is 3.18. The van der Waals surface area contributed by atoms with E-state index in [1.165, 1.54) is 0 Å². The first-order chi connectivity index (χ1) is 12.0. The quantitative estimate of drug-likeness (QED) is 0.392. The maximum atomic E-state index is 12.4. The Morgan fingerprint density at radius 1 is 1.08 bits per heavy atom. The third-order valence-electron chi connectivity index (χ3n) is 3.53. The van der Waals surface area contributed by atoms with Gasteiger partial charge in [0.25, 0.3) is 0 Å². The number of hydrogen-bond acceptors (Lipinski definition) is 4. The van der Waals surface area contributed by atoms with Crippen molar-refractivity contribution in [3.05, 3.63) is 75.9 Å². The standard InChI is InChI=1S/C20H20BrNO3/c1-3-16(13-19(23)14-9-11-15(21)12-10-14)22-18-8-6-5-7-17(18)20(24)25-4-2/h5-13,22H,3-4H2,1-2H3/b16-13+. The van der Waals surface area contributed by atoms with Crippen molar-refractivity contribution in [1.82, 2.24) is 0 Å². The molecule has 0 aliphatic rings. The highest BCUT2D eigenvalue weighted by molar-refractivity contribution is 9.10. The van der Waals surface area contributed by atoms with Crippen molar-refractivity contribution in [2.45, 2.75) is 20.3 Å². The largest absolute Gasteiger partial charge is 0.462 e. The number of ether oxygens (including phenoxy) is 1. The number of anilines is 1. The molecule has 0 bridgehead atoms. The predicted molar refractivity (Wildman–Crippen MR) is 103 cm³/mol. The number of esters is 1. The fourth-order valence-corrected chi connectivity index (χ4v) is 2.50. The monoisotopic (exact) mass is 401 g/mol. The van der Waals surface area contributed by atoms with E-state index in [4.69, 9.17) is 4.74 Å². The first-order valence-electron chi connectivity index (χ1n) is 8.08. The Morgan fingerprint density at radius 3 is 2.40 bits per heavy atom. The second-order valence-electron chi connectivity index (χ2n) is 5.29. The topological polar surface area (TPSA) is 55.4 Å². The fourth-order valence-electron chi connectivity index (χ4n) is 2.23. The molecule has 0 heterocycles. The molecule has 0 amide bonds. The summed E-state index contributed by atoms with van der Waals surface area (Å²) in [5.41, 5.74) is 2.40. The molecular formula is C20H20BrNO3. The molecule has 2 aromatic carbocycles.